The lowest BCUT2D eigenvalue weighted by Crippen LogP contribution is -1.84. The summed E-state index contributed by atoms with van der Waals surface area (Å²) in [6, 6.07) is 8.61. The van der Waals surface area contributed by atoms with Gasteiger partial charge in [0, 0.05) is 4.83 Å². The number of rotatable bonds is 3. The van der Waals surface area contributed by atoms with Gasteiger partial charge in [0.15, 0.2) is 0 Å². The first kappa shape index (κ1) is 12.3. The zero-order valence-corrected chi connectivity index (χ0v) is 11.1. The summed E-state index contributed by atoms with van der Waals surface area (Å²) in [6.07, 6.45) is 6.44. The van der Waals surface area contributed by atoms with Crippen LogP contribution in [0.2, 0.25) is 0 Å². The van der Waals surface area contributed by atoms with Crippen LogP contribution in [0.5, 0.6) is 0 Å². The highest BCUT2D eigenvalue weighted by atomic mass is 79.9. The maximum Gasteiger partial charge on any atom is 0.0300 e. The quantitative estimate of drug-likeness (QED) is 0.547. The number of allylic oxidation sites excluding steroid dienone is 4. The summed E-state index contributed by atoms with van der Waals surface area (Å²) in [5, 5.41) is 0. The van der Waals surface area contributed by atoms with E-state index in [1.807, 2.05) is 0 Å². The maximum atomic E-state index is 3.50. The molecule has 1 unspecified atom stereocenters. The Kier molecular flexibility index (Phi) is 4.83. The molecule has 0 aliphatic carbocycles. The molecule has 1 rings (SSSR count). The first-order valence-corrected chi connectivity index (χ1v) is 6.10. The Labute approximate surface area is 101 Å². The number of hydrogen-bond acceptors (Lipinski definition) is 0. The fourth-order valence-corrected chi connectivity index (χ4v) is 1.49. The highest BCUT2D eigenvalue weighted by Gasteiger charge is 1.96. The van der Waals surface area contributed by atoms with Gasteiger partial charge in [-0.25, -0.2) is 0 Å². The molecule has 0 aliphatic heterocycles. The SMILES string of the molecule is C/C=C(\C=C/C(C)Br)c1ccc(C)cc1. The van der Waals surface area contributed by atoms with Crippen molar-refractivity contribution in [3.63, 3.8) is 0 Å². The Hall–Kier alpha value is -0.820. The Balaban J connectivity index is 2.89. The molecule has 0 amide bonds. The molecule has 0 aliphatic rings. The summed E-state index contributed by atoms with van der Waals surface area (Å²) in [5.41, 5.74) is 3.83. The Morgan fingerprint density at radius 2 is 1.87 bits per heavy atom. The van der Waals surface area contributed by atoms with E-state index in [9.17, 15) is 0 Å². The van der Waals surface area contributed by atoms with Gasteiger partial charge in [-0.3, -0.25) is 0 Å². The predicted octanol–water partition coefficient (Wildman–Crippen LogP) is 4.74. The Morgan fingerprint density at radius 1 is 1.27 bits per heavy atom. The molecule has 80 valence electrons. The van der Waals surface area contributed by atoms with E-state index in [0.717, 1.165) is 0 Å². The van der Waals surface area contributed by atoms with Gasteiger partial charge in [0.2, 0.25) is 0 Å². The normalized spacial score (nSPS) is 14.5. The minimum absolute atomic E-state index is 0.415. The highest BCUT2D eigenvalue weighted by molar-refractivity contribution is 9.09. The van der Waals surface area contributed by atoms with Gasteiger partial charge in [0.1, 0.15) is 0 Å². The largest absolute Gasteiger partial charge is 0.0848 e. The second kappa shape index (κ2) is 5.92. The van der Waals surface area contributed by atoms with E-state index in [1.54, 1.807) is 0 Å². The molecule has 0 nitrogen and oxygen atoms in total. The van der Waals surface area contributed by atoms with Crippen LogP contribution in [0.3, 0.4) is 0 Å². The number of aryl methyl sites for hydroxylation is 1. The molecule has 0 saturated heterocycles. The second-order valence-electron chi connectivity index (χ2n) is 3.65. The lowest BCUT2D eigenvalue weighted by Gasteiger charge is -2.03. The van der Waals surface area contributed by atoms with Crippen LogP contribution in [0, 0.1) is 6.92 Å². The molecule has 0 bridgehead atoms. The van der Waals surface area contributed by atoms with Gasteiger partial charge >= 0.3 is 0 Å². The average Bonchev–Trinajstić information content (AvgIpc) is 2.21. The molecular weight excluding hydrogens is 248 g/mol. The third kappa shape index (κ3) is 4.05. The minimum Gasteiger partial charge on any atom is -0.0848 e. The molecule has 1 aromatic carbocycles. The fourth-order valence-electron chi connectivity index (χ4n) is 1.34. The fraction of sp³-hybridized carbons (Fsp3) is 0.286. The van der Waals surface area contributed by atoms with Crippen LogP contribution in [0.1, 0.15) is 25.0 Å². The third-order valence-electron chi connectivity index (χ3n) is 2.24. The van der Waals surface area contributed by atoms with Crippen molar-refractivity contribution in [1.82, 2.24) is 0 Å². The van der Waals surface area contributed by atoms with E-state index < -0.39 is 0 Å². The van der Waals surface area contributed by atoms with Crippen LogP contribution >= 0.6 is 15.9 Å². The molecular formula is C14H17Br. The van der Waals surface area contributed by atoms with Crippen LogP contribution < -0.4 is 0 Å². The second-order valence-corrected chi connectivity index (χ2v) is 5.09. The molecule has 1 heteroatoms. The highest BCUT2D eigenvalue weighted by Crippen LogP contribution is 2.17. The lowest BCUT2D eigenvalue weighted by molar-refractivity contribution is 1.27. The number of halogens is 1. The van der Waals surface area contributed by atoms with E-state index >= 15 is 0 Å². The molecule has 1 aromatic rings. The van der Waals surface area contributed by atoms with Gasteiger partial charge < -0.3 is 0 Å². The molecule has 15 heavy (non-hydrogen) atoms. The van der Waals surface area contributed by atoms with Gasteiger partial charge in [0.25, 0.3) is 0 Å². The minimum atomic E-state index is 0.415. The van der Waals surface area contributed by atoms with Gasteiger partial charge in [-0.15, -0.1) is 0 Å². The van der Waals surface area contributed by atoms with Gasteiger partial charge in [-0.05, 0) is 31.9 Å². The van der Waals surface area contributed by atoms with Crippen LogP contribution in [0.15, 0.2) is 42.5 Å². The predicted molar refractivity (Wildman–Crippen MR) is 72.4 cm³/mol. The molecule has 0 fully saturated rings. The molecule has 0 radical (unpaired) electrons. The summed E-state index contributed by atoms with van der Waals surface area (Å²) in [5.74, 6) is 0. The van der Waals surface area contributed by atoms with Gasteiger partial charge in [0.05, 0.1) is 0 Å². The number of benzene rings is 1. The van der Waals surface area contributed by atoms with Crippen molar-refractivity contribution in [2.75, 3.05) is 0 Å². The van der Waals surface area contributed by atoms with Crippen LogP contribution in [0.4, 0.5) is 0 Å². The van der Waals surface area contributed by atoms with Crippen LogP contribution in [0.25, 0.3) is 5.57 Å². The van der Waals surface area contributed by atoms with E-state index in [4.69, 9.17) is 0 Å². The molecule has 0 spiro atoms. The number of alkyl halides is 1. The summed E-state index contributed by atoms with van der Waals surface area (Å²) in [6.45, 7) is 6.28. The van der Waals surface area contributed by atoms with Crippen molar-refractivity contribution in [3.05, 3.63) is 53.6 Å². The molecule has 0 saturated carbocycles. The molecule has 0 heterocycles. The topological polar surface area (TPSA) is 0 Å². The van der Waals surface area contributed by atoms with Crippen molar-refractivity contribution >= 4 is 21.5 Å². The Bertz CT molecular complexity index is 355. The summed E-state index contributed by atoms with van der Waals surface area (Å²) in [4.78, 5) is 0.415. The van der Waals surface area contributed by atoms with Crippen molar-refractivity contribution in [2.45, 2.75) is 25.6 Å². The van der Waals surface area contributed by atoms with Crippen molar-refractivity contribution in [2.24, 2.45) is 0 Å². The summed E-state index contributed by atoms with van der Waals surface area (Å²) >= 11 is 3.50. The lowest BCUT2D eigenvalue weighted by atomic mass is 10.0. The molecule has 1 atom stereocenters. The average molecular weight is 265 g/mol. The van der Waals surface area contributed by atoms with E-state index in [-0.39, 0.29) is 0 Å². The van der Waals surface area contributed by atoms with E-state index in [0.29, 0.717) is 4.83 Å². The summed E-state index contributed by atoms with van der Waals surface area (Å²) in [7, 11) is 0. The third-order valence-corrected chi connectivity index (χ3v) is 2.54. The van der Waals surface area contributed by atoms with E-state index in [2.05, 4.69) is 79.2 Å². The van der Waals surface area contributed by atoms with Crippen molar-refractivity contribution < 1.29 is 0 Å². The zero-order chi connectivity index (χ0) is 11.3. The maximum absolute atomic E-state index is 3.50. The molecule has 0 N–H and O–H groups in total. The van der Waals surface area contributed by atoms with Gasteiger partial charge in [-0.1, -0.05) is 64.0 Å². The summed E-state index contributed by atoms with van der Waals surface area (Å²) < 4.78 is 0. The first-order valence-electron chi connectivity index (χ1n) is 5.19. The van der Waals surface area contributed by atoms with Crippen molar-refractivity contribution in [1.29, 1.82) is 0 Å². The van der Waals surface area contributed by atoms with Gasteiger partial charge in [-0.2, -0.15) is 0 Å². The van der Waals surface area contributed by atoms with Crippen LogP contribution in [-0.2, 0) is 0 Å². The van der Waals surface area contributed by atoms with E-state index in [1.165, 1.54) is 16.7 Å². The monoisotopic (exact) mass is 264 g/mol. The first-order chi connectivity index (χ1) is 7.13. The standard InChI is InChI=1S/C14H17Br/c1-4-13(10-7-12(3)15)14-8-5-11(2)6-9-14/h4-10,12H,1-3H3/b10-7-,13-4+. The number of hydrogen-bond donors (Lipinski definition) is 0. The smallest absolute Gasteiger partial charge is 0.0300 e. The van der Waals surface area contributed by atoms with Crippen LogP contribution in [-0.4, -0.2) is 4.83 Å². The zero-order valence-electron chi connectivity index (χ0n) is 9.50. The van der Waals surface area contributed by atoms with Crippen molar-refractivity contribution in [3.8, 4) is 0 Å². The Morgan fingerprint density at radius 3 is 2.33 bits per heavy atom. The molecule has 0 aromatic heterocycles.